The van der Waals surface area contributed by atoms with Crippen LogP contribution in [0.5, 0.6) is 0 Å². The van der Waals surface area contributed by atoms with E-state index in [1.165, 1.54) is 0 Å². The summed E-state index contributed by atoms with van der Waals surface area (Å²) in [5.74, 6) is 1.01. The van der Waals surface area contributed by atoms with Crippen LogP contribution in [-0.4, -0.2) is 21.6 Å². The molecule has 0 unspecified atom stereocenters. The van der Waals surface area contributed by atoms with Gasteiger partial charge in [0.05, 0.1) is 18.4 Å². The minimum Gasteiger partial charge on any atom is -0.366 e. The van der Waals surface area contributed by atoms with Crippen molar-refractivity contribution in [2.24, 2.45) is 12.8 Å². The van der Waals surface area contributed by atoms with Crippen molar-refractivity contribution in [1.82, 2.24) is 14.5 Å². The standard InChI is InChI=1S/C12H17N5/c1-16-6-5-15-12(16)9-17(2)11-8-14-4-3-10(11)7-13/h3-6,8H,7,9,13H2,1-2H3. The van der Waals surface area contributed by atoms with Crippen molar-refractivity contribution in [3.63, 3.8) is 0 Å². The van der Waals surface area contributed by atoms with Gasteiger partial charge in [0.2, 0.25) is 0 Å². The molecule has 5 nitrogen and oxygen atoms in total. The molecule has 2 rings (SSSR count). The van der Waals surface area contributed by atoms with Crippen LogP contribution in [-0.2, 0) is 20.1 Å². The van der Waals surface area contributed by atoms with E-state index in [0.29, 0.717) is 6.54 Å². The summed E-state index contributed by atoms with van der Waals surface area (Å²) in [6.07, 6.45) is 7.35. The molecule has 0 saturated heterocycles. The Kier molecular flexibility index (Phi) is 3.39. The minimum absolute atomic E-state index is 0.517. The summed E-state index contributed by atoms with van der Waals surface area (Å²) in [5, 5.41) is 0. The number of hydrogen-bond donors (Lipinski definition) is 1. The second kappa shape index (κ2) is 4.97. The van der Waals surface area contributed by atoms with Crippen LogP contribution < -0.4 is 10.6 Å². The van der Waals surface area contributed by atoms with Crippen LogP contribution in [0.1, 0.15) is 11.4 Å². The van der Waals surface area contributed by atoms with Gasteiger partial charge in [0.1, 0.15) is 5.82 Å². The van der Waals surface area contributed by atoms with E-state index in [9.17, 15) is 0 Å². The van der Waals surface area contributed by atoms with Gasteiger partial charge in [-0.3, -0.25) is 4.98 Å². The Hall–Kier alpha value is -1.88. The van der Waals surface area contributed by atoms with Crippen LogP contribution in [0, 0.1) is 0 Å². The van der Waals surface area contributed by atoms with Crippen molar-refractivity contribution in [2.45, 2.75) is 13.1 Å². The third-order valence-electron chi connectivity index (χ3n) is 2.82. The molecule has 0 aliphatic rings. The zero-order valence-electron chi connectivity index (χ0n) is 10.2. The van der Waals surface area contributed by atoms with Crippen molar-refractivity contribution >= 4 is 5.69 Å². The molecule has 0 aromatic carbocycles. The molecule has 0 radical (unpaired) electrons. The van der Waals surface area contributed by atoms with Gasteiger partial charge >= 0.3 is 0 Å². The molecule has 2 N–H and O–H groups in total. The van der Waals surface area contributed by atoms with E-state index >= 15 is 0 Å². The lowest BCUT2D eigenvalue weighted by atomic mass is 10.2. The van der Waals surface area contributed by atoms with Crippen LogP contribution in [0.4, 0.5) is 5.69 Å². The molecule has 0 saturated carbocycles. The Balaban J connectivity index is 2.20. The molecule has 5 heteroatoms. The molecule has 0 aliphatic carbocycles. The number of anilines is 1. The van der Waals surface area contributed by atoms with Crippen LogP contribution in [0.25, 0.3) is 0 Å². The van der Waals surface area contributed by atoms with Gasteiger partial charge < -0.3 is 15.2 Å². The van der Waals surface area contributed by atoms with Gasteiger partial charge in [-0.1, -0.05) is 0 Å². The summed E-state index contributed by atoms with van der Waals surface area (Å²) in [5.41, 5.74) is 7.86. The molecule has 2 heterocycles. The average Bonchev–Trinajstić information content (AvgIpc) is 2.75. The molecule has 17 heavy (non-hydrogen) atoms. The number of aryl methyl sites for hydroxylation is 1. The summed E-state index contributed by atoms with van der Waals surface area (Å²) >= 11 is 0. The highest BCUT2D eigenvalue weighted by molar-refractivity contribution is 5.50. The first-order chi connectivity index (χ1) is 8.22. The predicted molar refractivity (Wildman–Crippen MR) is 67.4 cm³/mol. The Labute approximate surface area is 101 Å². The molecule has 0 spiro atoms. The third-order valence-corrected chi connectivity index (χ3v) is 2.82. The van der Waals surface area contributed by atoms with Crippen LogP contribution in [0.2, 0.25) is 0 Å². The second-order valence-electron chi connectivity index (χ2n) is 4.02. The first-order valence-electron chi connectivity index (χ1n) is 5.52. The number of aromatic nitrogens is 3. The highest BCUT2D eigenvalue weighted by atomic mass is 15.2. The Morgan fingerprint density at radius 3 is 2.88 bits per heavy atom. The van der Waals surface area contributed by atoms with E-state index in [2.05, 4.69) is 14.9 Å². The molecule has 0 fully saturated rings. The largest absolute Gasteiger partial charge is 0.366 e. The quantitative estimate of drug-likeness (QED) is 0.849. The fraction of sp³-hybridized carbons (Fsp3) is 0.333. The molecule has 2 aromatic heterocycles. The van der Waals surface area contributed by atoms with Crippen molar-refractivity contribution in [1.29, 1.82) is 0 Å². The maximum atomic E-state index is 5.72. The smallest absolute Gasteiger partial charge is 0.127 e. The monoisotopic (exact) mass is 231 g/mol. The van der Waals surface area contributed by atoms with Gasteiger partial charge in [-0.2, -0.15) is 0 Å². The van der Waals surface area contributed by atoms with E-state index in [1.54, 1.807) is 12.4 Å². The average molecular weight is 231 g/mol. The zero-order valence-corrected chi connectivity index (χ0v) is 10.2. The lowest BCUT2D eigenvalue weighted by Crippen LogP contribution is -2.21. The van der Waals surface area contributed by atoms with Gasteiger partial charge in [0, 0.05) is 39.2 Å². The van der Waals surface area contributed by atoms with Gasteiger partial charge in [-0.05, 0) is 11.6 Å². The zero-order chi connectivity index (χ0) is 12.3. The van der Waals surface area contributed by atoms with Crippen molar-refractivity contribution in [3.8, 4) is 0 Å². The SMILES string of the molecule is CN(Cc1nccn1C)c1cnccc1CN. The summed E-state index contributed by atoms with van der Waals surface area (Å²) in [6.45, 7) is 1.25. The van der Waals surface area contributed by atoms with Crippen LogP contribution >= 0.6 is 0 Å². The van der Waals surface area contributed by atoms with Crippen molar-refractivity contribution in [2.75, 3.05) is 11.9 Å². The first-order valence-corrected chi connectivity index (χ1v) is 5.52. The Morgan fingerprint density at radius 1 is 1.41 bits per heavy atom. The van der Waals surface area contributed by atoms with Crippen LogP contribution in [0.15, 0.2) is 30.9 Å². The van der Waals surface area contributed by atoms with E-state index in [-0.39, 0.29) is 0 Å². The fourth-order valence-corrected chi connectivity index (χ4v) is 1.78. The lowest BCUT2D eigenvalue weighted by Gasteiger charge is -2.21. The van der Waals surface area contributed by atoms with Gasteiger partial charge in [0.25, 0.3) is 0 Å². The third kappa shape index (κ3) is 2.45. The molecular weight excluding hydrogens is 214 g/mol. The summed E-state index contributed by atoms with van der Waals surface area (Å²) in [4.78, 5) is 10.6. The fourth-order valence-electron chi connectivity index (χ4n) is 1.78. The number of nitrogens with zero attached hydrogens (tertiary/aromatic N) is 4. The molecule has 0 aliphatic heterocycles. The highest BCUT2D eigenvalue weighted by Gasteiger charge is 2.09. The number of imidazole rings is 1. The number of rotatable bonds is 4. The summed E-state index contributed by atoms with van der Waals surface area (Å²) < 4.78 is 2.01. The van der Waals surface area contributed by atoms with E-state index in [4.69, 9.17) is 5.73 Å². The molecule has 0 atom stereocenters. The predicted octanol–water partition coefficient (Wildman–Crippen LogP) is 0.910. The first kappa shape index (κ1) is 11.6. The lowest BCUT2D eigenvalue weighted by molar-refractivity contribution is 0.757. The Bertz CT molecular complexity index is 491. The summed E-state index contributed by atoms with van der Waals surface area (Å²) in [7, 11) is 4.01. The normalized spacial score (nSPS) is 10.5. The number of nitrogens with two attached hydrogens (primary N) is 1. The molecule has 0 amide bonds. The summed E-state index contributed by atoms with van der Waals surface area (Å²) in [6, 6.07) is 1.95. The molecule has 90 valence electrons. The van der Waals surface area contributed by atoms with Gasteiger partial charge in [0.15, 0.2) is 0 Å². The number of pyridine rings is 1. The van der Waals surface area contributed by atoms with Crippen molar-refractivity contribution in [3.05, 3.63) is 42.2 Å². The second-order valence-corrected chi connectivity index (χ2v) is 4.02. The van der Waals surface area contributed by atoms with E-state index in [1.807, 2.05) is 37.1 Å². The van der Waals surface area contributed by atoms with E-state index in [0.717, 1.165) is 23.6 Å². The maximum Gasteiger partial charge on any atom is 0.127 e. The van der Waals surface area contributed by atoms with Crippen molar-refractivity contribution < 1.29 is 0 Å². The van der Waals surface area contributed by atoms with Gasteiger partial charge in [-0.15, -0.1) is 0 Å². The molecule has 0 bridgehead atoms. The Morgan fingerprint density at radius 2 is 2.24 bits per heavy atom. The van der Waals surface area contributed by atoms with Gasteiger partial charge in [-0.25, -0.2) is 4.98 Å². The molecule has 2 aromatic rings. The maximum absolute atomic E-state index is 5.72. The van der Waals surface area contributed by atoms with E-state index < -0.39 is 0 Å². The molecular formula is C12H17N5. The topological polar surface area (TPSA) is 60.0 Å². The highest BCUT2D eigenvalue weighted by Crippen LogP contribution is 2.18. The number of hydrogen-bond acceptors (Lipinski definition) is 4. The van der Waals surface area contributed by atoms with Crippen LogP contribution in [0.3, 0.4) is 0 Å². The minimum atomic E-state index is 0.517.